The molecule has 1 nitrogen and oxygen atoms in total. The minimum absolute atomic E-state index is 0.489. The Bertz CT molecular complexity index is 180. The first-order chi connectivity index (χ1) is 6.66. The van der Waals surface area contributed by atoms with Gasteiger partial charge < -0.3 is 5.73 Å². The Kier molecular flexibility index (Phi) is 3.16. The lowest BCUT2D eigenvalue weighted by atomic mass is 9.62. The van der Waals surface area contributed by atoms with Crippen LogP contribution in [0.1, 0.15) is 52.4 Å². The molecule has 3 fully saturated rings. The maximum absolute atomic E-state index is 6.34. The van der Waals surface area contributed by atoms with Crippen molar-refractivity contribution in [3.8, 4) is 0 Å². The van der Waals surface area contributed by atoms with Crippen molar-refractivity contribution in [2.75, 3.05) is 0 Å². The Morgan fingerprint density at radius 1 is 1.14 bits per heavy atom. The smallest absolute Gasteiger partial charge is 0.00723 e. The van der Waals surface area contributed by atoms with Crippen molar-refractivity contribution >= 4 is 0 Å². The SMILES string of the molecule is CC(C)CC(N)C1CC2CCC1CC2. The van der Waals surface area contributed by atoms with E-state index in [1.54, 1.807) is 0 Å². The molecule has 3 aliphatic rings. The van der Waals surface area contributed by atoms with E-state index in [4.69, 9.17) is 5.73 Å². The molecule has 0 radical (unpaired) electrons. The second kappa shape index (κ2) is 4.22. The molecule has 82 valence electrons. The van der Waals surface area contributed by atoms with E-state index in [0.717, 1.165) is 23.7 Å². The first-order valence-corrected chi connectivity index (χ1v) is 6.42. The van der Waals surface area contributed by atoms with Gasteiger partial charge >= 0.3 is 0 Å². The third-order valence-corrected chi connectivity index (χ3v) is 4.40. The number of hydrogen-bond donors (Lipinski definition) is 1. The van der Waals surface area contributed by atoms with Crippen molar-refractivity contribution in [2.45, 2.75) is 58.4 Å². The van der Waals surface area contributed by atoms with Crippen LogP contribution < -0.4 is 5.73 Å². The van der Waals surface area contributed by atoms with E-state index in [-0.39, 0.29) is 0 Å². The van der Waals surface area contributed by atoms with Crippen molar-refractivity contribution in [1.29, 1.82) is 0 Å². The minimum atomic E-state index is 0.489. The number of rotatable bonds is 3. The molecular weight excluding hydrogens is 170 g/mol. The van der Waals surface area contributed by atoms with Gasteiger partial charge in [-0.15, -0.1) is 0 Å². The number of nitrogens with two attached hydrogens (primary N) is 1. The second-order valence-electron chi connectivity index (χ2n) is 5.97. The summed E-state index contributed by atoms with van der Waals surface area (Å²) in [5.41, 5.74) is 6.34. The molecule has 3 rings (SSSR count). The molecular formula is C13H25N. The summed E-state index contributed by atoms with van der Waals surface area (Å²) in [6.45, 7) is 4.59. The van der Waals surface area contributed by atoms with Crippen LogP contribution in [0.3, 0.4) is 0 Å². The van der Waals surface area contributed by atoms with Gasteiger partial charge in [0, 0.05) is 6.04 Å². The van der Waals surface area contributed by atoms with Crippen LogP contribution in [0.5, 0.6) is 0 Å². The summed E-state index contributed by atoms with van der Waals surface area (Å²) in [7, 11) is 0. The van der Waals surface area contributed by atoms with Crippen molar-refractivity contribution in [1.82, 2.24) is 0 Å². The molecule has 2 atom stereocenters. The highest BCUT2D eigenvalue weighted by molar-refractivity contribution is 4.91. The zero-order valence-corrected chi connectivity index (χ0v) is 9.71. The van der Waals surface area contributed by atoms with E-state index in [0.29, 0.717) is 6.04 Å². The van der Waals surface area contributed by atoms with E-state index < -0.39 is 0 Å². The molecule has 3 saturated carbocycles. The summed E-state index contributed by atoms with van der Waals surface area (Å²) in [5, 5.41) is 0. The lowest BCUT2D eigenvalue weighted by Gasteiger charge is -2.45. The molecule has 0 amide bonds. The topological polar surface area (TPSA) is 26.0 Å². The van der Waals surface area contributed by atoms with Crippen molar-refractivity contribution in [3.63, 3.8) is 0 Å². The molecule has 0 saturated heterocycles. The average Bonchev–Trinajstić information content (AvgIpc) is 2.18. The molecule has 0 aliphatic heterocycles. The Hall–Kier alpha value is -0.0400. The highest BCUT2D eigenvalue weighted by Gasteiger charge is 2.38. The summed E-state index contributed by atoms with van der Waals surface area (Å²) >= 11 is 0. The van der Waals surface area contributed by atoms with Crippen molar-refractivity contribution < 1.29 is 0 Å². The number of hydrogen-bond acceptors (Lipinski definition) is 1. The molecule has 14 heavy (non-hydrogen) atoms. The Labute approximate surface area is 88.4 Å². The fraction of sp³-hybridized carbons (Fsp3) is 1.00. The highest BCUT2D eigenvalue weighted by atomic mass is 14.7. The van der Waals surface area contributed by atoms with Gasteiger partial charge in [-0.25, -0.2) is 0 Å². The molecule has 0 spiro atoms. The van der Waals surface area contributed by atoms with Crippen LogP contribution in [0.4, 0.5) is 0 Å². The predicted molar refractivity (Wildman–Crippen MR) is 61.0 cm³/mol. The fourth-order valence-electron chi connectivity index (χ4n) is 3.67. The Morgan fingerprint density at radius 2 is 1.79 bits per heavy atom. The van der Waals surface area contributed by atoms with Gasteiger partial charge in [0.25, 0.3) is 0 Å². The summed E-state index contributed by atoms with van der Waals surface area (Å²) in [6, 6.07) is 0.489. The van der Waals surface area contributed by atoms with Crippen molar-refractivity contribution in [3.05, 3.63) is 0 Å². The van der Waals surface area contributed by atoms with Gasteiger partial charge in [0.15, 0.2) is 0 Å². The largest absolute Gasteiger partial charge is 0.327 e. The lowest BCUT2D eigenvalue weighted by Crippen LogP contribution is -2.43. The average molecular weight is 195 g/mol. The van der Waals surface area contributed by atoms with Crippen LogP contribution in [0.15, 0.2) is 0 Å². The maximum atomic E-state index is 6.34. The summed E-state index contributed by atoms with van der Waals surface area (Å²) < 4.78 is 0. The Balaban J connectivity index is 1.91. The molecule has 0 heterocycles. The quantitative estimate of drug-likeness (QED) is 0.735. The zero-order chi connectivity index (χ0) is 10.1. The standard InChI is InChI=1S/C13H25N/c1-9(2)7-13(14)12-8-10-3-5-11(12)6-4-10/h9-13H,3-8,14H2,1-2H3. The van der Waals surface area contributed by atoms with Crippen LogP contribution in [0.2, 0.25) is 0 Å². The zero-order valence-electron chi connectivity index (χ0n) is 9.71. The third-order valence-electron chi connectivity index (χ3n) is 4.40. The summed E-state index contributed by atoms with van der Waals surface area (Å²) in [5.74, 6) is 3.65. The molecule has 3 aliphatic carbocycles. The van der Waals surface area contributed by atoms with Gasteiger partial charge in [0.05, 0.1) is 0 Å². The number of fused-ring (bicyclic) bond motifs is 3. The monoisotopic (exact) mass is 195 g/mol. The van der Waals surface area contributed by atoms with Crippen LogP contribution >= 0.6 is 0 Å². The minimum Gasteiger partial charge on any atom is -0.327 e. The Morgan fingerprint density at radius 3 is 2.21 bits per heavy atom. The predicted octanol–water partition coefficient (Wildman–Crippen LogP) is 3.19. The van der Waals surface area contributed by atoms with Gasteiger partial charge in [0.2, 0.25) is 0 Å². The molecule has 0 aromatic carbocycles. The summed E-state index contributed by atoms with van der Waals surface area (Å²) in [6.07, 6.45) is 8.61. The van der Waals surface area contributed by atoms with E-state index in [1.165, 1.54) is 38.5 Å². The van der Waals surface area contributed by atoms with Gasteiger partial charge in [-0.05, 0) is 49.4 Å². The fourth-order valence-corrected chi connectivity index (χ4v) is 3.67. The maximum Gasteiger partial charge on any atom is 0.00723 e. The van der Waals surface area contributed by atoms with Crippen LogP contribution in [-0.4, -0.2) is 6.04 Å². The van der Waals surface area contributed by atoms with E-state index in [9.17, 15) is 0 Å². The van der Waals surface area contributed by atoms with Gasteiger partial charge in [-0.2, -0.15) is 0 Å². The van der Waals surface area contributed by atoms with Crippen LogP contribution in [-0.2, 0) is 0 Å². The highest BCUT2D eigenvalue weighted by Crippen LogP contribution is 2.46. The lowest BCUT2D eigenvalue weighted by molar-refractivity contribution is 0.0755. The summed E-state index contributed by atoms with van der Waals surface area (Å²) in [4.78, 5) is 0. The molecule has 0 aromatic heterocycles. The molecule has 2 unspecified atom stereocenters. The third kappa shape index (κ3) is 2.13. The molecule has 0 aromatic rings. The first-order valence-electron chi connectivity index (χ1n) is 6.42. The normalized spacial score (nSPS) is 39.0. The van der Waals surface area contributed by atoms with E-state index in [1.807, 2.05) is 0 Å². The van der Waals surface area contributed by atoms with Gasteiger partial charge in [-0.1, -0.05) is 26.7 Å². The van der Waals surface area contributed by atoms with Gasteiger partial charge in [0.1, 0.15) is 0 Å². The second-order valence-corrected chi connectivity index (χ2v) is 5.97. The van der Waals surface area contributed by atoms with Crippen LogP contribution in [0.25, 0.3) is 0 Å². The van der Waals surface area contributed by atoms with E-state index >= 15 is 0 Å². The van der Waals surface area contributed by atoms with Crippen molar-refractivity contribution in [2.24, 2.45) is 29.4 Å². The molecule has 1 heteroatoms. The van der Waals surface area contributed by atoms with Gasteiger partial charge in [-0.3, -0.25) is 0 Å². The molecule has 2 N–H and O–H groups in total. The van der Waals surface area contributed by atoms with E-state index in [2.05, 4.69) is 13.8 Å². The first kappa shape index (κ1) is 10.5. The molecule has 2 bridgehead atoms. The van der Waals surface area contributed by atoms with Crippen LogP contribution in [0, 0.1) is 23.7 Å².